The normalized spacial score (nSPS) is 11.8. The maximum atomic E-state index is 5.35. The van der Waals surface area contributed by atoms with Crippen LogP contribution in [-0.4, -0.2) is 28.7 Å². The molecule has 0 bridgehead atoms. The first kappa shape index (κ1) is 35.2. The van der Waals surface area contributed by atoms with E-state index >= 15 is 0 Å². The lowest BCUT2D eigenvalue weighted by Gasteiger charge is -2.17. The van der Waals surface area contributed by atoms with E-state index in [0.717, 1.165) is 82.7 Å². The Morgan fingerprint density at radius 3 is 1.30 bits per heavy atom. The molecular weight excluding hydrogens is 769 g/mol. The number of rotatable bonds is 6. The van der Waals surface area contributed by atoms with Crippen molar-refractivity contribution in [3.8, 4) is 51.2 Å². The fraction of sp³-hybridized carbons (Fsp3) is 0. The Balaban J connectivity index is 1.24. The zero-order valence-corrected chi connectivity index (χ0v) is 34.0. The fourth-order valence-electron chi connectivity index (χ4n) is 9.77. The quantitative estimate of drug-likeness (QED) is 0.168. The second-order valence-electron chi connectivity index (χ2n) is 16.0. The van der Waals surface area contributed by atoms with E-state index < -0.39 is 0 Å². The Bertz CT molecular complexity index is 3790. The molecule has 4 aromatic heterocycles. The molecule has 0 saturated carbocycles. The molecular formula is C57H36N6. The van der Waals surface area contributed by atoms with Crippen LogP contribution in [-0.2, 0) is 0 Å². The molecule has 294 valence electrons. The summed E-state index contributed by atoms with van der Waals surface area (Å²) in [5, 5.41) is 6.90. The van der Waals surface area contributed by atoms with Gasteiger partial charge in [0.1, 0.15) is 0 Å². The molecule has 0 unspecified atom stereocenters. The monoisotopic (exact) mass is 804 g/mol. The van der Waals surface area contributed by atoms with Crippen molar-refractivity contribution in [3.63, 3.8) is 0 Å². The third-order valence-corrected chi connectivity index (χ3v) is 12.5. The van der Waals surface area contributed by atoms with Gasteiger partial charge in [-0.1, -0.05) is 176 Å². The third-order valence-electron chi connectivity index (χ3n) is 12.5. The van der Waals surface area contributed by atoms with Crippen molar-refractivity contribution in [1.82, 2.24) is 28.7 Å². The minimum atomic E-state index is 0.558. The molecule has 0 radical (unpaired) electrons. The van der Waals surface area contributed by atoms with E-state index in [1.165, 1.54) is 16.3 Å². The molecule has 0 aliphatic carbocycles. The topological polar surface area (TPSA) is 53.5 Å². The second-order valence-corrected chi connectivity index (χ2v) is 16.0. The van der Waals surface area contributed by atoms with Crippen molar-refractivity contribution >= 4 is 65.4 Å². The zero-order chi connectivity index (χ0) is 41.4. The van der Waals surface area contributed by atoms with E-state index in [9.17, 15) is 0 Å². The lowest BCUT2D eigenvalue weighted by molar-refractivity contribution is 0.955. The summed E-state index contributed by atoms with van der Waals surface area (Å²) in [5.74, 6) is 1.79. The highest BCUT2D eigenvalue weighted by atomic mass is 15.2. The Hall–Kier alpha value is -8.61. The molecule has 63 heavy (non-hydrogen) atoms. The van der Waals surface area contributed by atoms with E-state index in [4.69, 9.17) is 15.0 Å². The van der Waals surface area contributed by atoms with Crippen molar-refractivity contribution in [2.24, 2.45) is 0 Å². The first-order valence-corrected chi connectivity index (χ1v) is 21.3. The summed E-state index contributed by atoms with van der Waals surface area (Å²) in [7, 11) is 0. The summed E-state index contributed by atoms with van der Waals surface area (Å²) >= 11 is 0. The SMILES string of the molecule is c1ccc(-c2cccc(-n3c4ccccc4c4c3c(-n3c5ccccc5c5ccccc53)cc3c5ccccc5n(-c5nc(-c6ccccc6)nc(-c6ccccc6)n5)c34)c2)cc1. The first-order valence-electron chi connectivity index (χ1n) is 21.3. The molecule has 0 atom stereocenters. The van der Waals surface area contributed by atoms with Crippen LogP contribution in [0.1, 0.15) is 0 Å². The fourth-order valence-corrected chi connectivity index (χ4v) is 9.77. The zero-order valence-electron chi connectivity index (χ0n) is 34.0. The van der Waals surface area contributed by atoms with Crippen LogP contribution < -0.4 is 0 Å². The number of aromatic nitrogens is 6. The van der Waals surface area contributed by atoms with Crippen LogP contribution in [0.25, 0.3) is 117 Å². The number of fused-ring (bicyclic) bond motifs is 10. The summed E-state index contributed by atoms with van der Waals surface area (Å²) in [5.41, 5.74) is 12.9. The van der Waals surface area contributed by atoms with Crippen LogP contribution >= 0.6 is 0 Å². The molecule has 0 aliphatic rings. The van der Waals surface area contributed by atoms with Crippen LogP contribution in [0.15, 0.2) is 218 Å². The van der Waals surface area contributed by atoms with Crippen molar-refractivity contribution in [2.75, 3.05) is 0 Å². The Morgan fingerprint density at radius 2 is 0.730 bits per heavy atom. The highest BCUT2D eigenvalue weighted by molar-refractivity contribution is 6.28. The maximum Gasteiger partial charge on any atom is 0.238 e. The third kappa shape index (κ3) is 5.41. The van der Waals surface area contributed by atoms with Crippen molar-refractivity contribution in [1.29, 1.82) is 0 Å². The minimum Gasteiger partial charge on any atom is -0.307 e. The van der Waals surface area contributed by atoms with Gasteiger partial charge in [-0.15, -0.1) is 0 Å². The van der Waals surface area contributed by atoms with Gasteiger partial charge >= 0.3 is 0 Å². The molecule has 0 N–H and O–H groups in total. The van der Waals surface area contributed by atoms with Crippen LogP contribution in [0.2, 0.25) is 0 Å². The van der Waals surface area contributed by atoms with Gasteiger partial charge in [-0.3, -0.25) is 4.57 Å². The van der Waals surface area contributed by atoms with Gasteiger partial charge in [-0.2, -0.15) is 9.97 Å². The highest BCUT2D eigenvalue weighted by Gasteiger charge is 2.27. The predicted molar refractivity (Wildman–Crippen MR) is 259 cm³/mol. The molecule has 4 heterocycles. The maximum absolute atomic E-state index is 5.35. The van der Waals surface area contributed by atoms with Gasteiger partial charge in [-0.05, 0) is 53.6 Å². The number of hydrogen-bond acceptors (Lipinski definition) is 3. The van der Waals surface area contributed by atoms with Gasteiger partial charge < -0.3 is 9.13 Å². The van der Waals surface area contributed by atoms with E-state index in [0.29, 0.717) is 17.6 Å². The van der Waals surface area contributed by atoms with Gasteiger partial charge in [0.05, 0.1) is 38.8 Å². The molecule has 0 spiro atoms. The predicted octanol–water partition coefficient (Wildman–Crippen LogP) is 14.2. The molecule has 6 nitrogen and oxygen atoms in total. The minimum absolute atomic E-state index is 0.558. The van der Waals surface area contributed by atoms with E-state index in [-0.39, 0.29) is 0 Å². The molecule has 6 heteroatoms. The number of benzene rings is 9. The van der Waals surface area contributed by atoms with E-state index in [2.05, 4.69) is 196 Å². The van der Waals surface area contributed by atoms with Crippen LogP contribution in [0.5, 0.6) is 0 Å². The van der Waals surface area contributed by atoms with Gasteiger partial charge in [0.15, 0.2) is 11.6 Å². The Morgan fingerprint density at radius 1 is 0.286 bits per heavy atom. The van der Waals surface area contributed by atoms with Gasteiger partial charge in [0.25, 0.3) is 0 Å². The molecule has 9 aromatic carbocycles. The molecule has 0 saturated heterocycles. The summed E-state index contributed by atoms with van der Waals surface area (Å²) in [6, 6.07) is 77.4. The lowest BCUT2D eigenvalue weighted by Crippen LogP contribution is -2.07. The molecule has 0 aliphatic heterocycles. The van der Waals surface area contributed by atoms with Crippen molar-refractivity contribution in [3.05, 3.63) is 218 Å². The lowest BCUT2D eigenvalue weighted by atomic mass is 10.0. The van der Waals surface area contributed by atoms with E-state index in [1.54, 1.807) is 0 Å². The number of hydrogen-bond donors (Lipinski definition) is 0. The average molecular weight is 805 g/mol. The van der Waals surface area contributed by atoms with Gasteiger partial charge in [0, 0.05) is 49.1 Å². The van der Waals surface area contributed by atoms with Crippen LogP contribution in [0, 0.1) is 0 Å². The standard InChI is InChI=1S/C57H36N6/c1-4-19-37(20-5-1)40-25-18-26-41(35-40)61-50-34-17-13-30-45(50)52-53-46(36-51(54(52)61)62-47-31-14-10-27-42(47)43-28-11-15-32-48(43)62)44-29-12-16-33-49(44)63(53)57-59-55(38-21-6-2-7-22-38)58-56(60-57)39-23-8-3-9-24-39/h1-36H. The first-order chi connectivity index (χ1) is 31.3. The average Bonchev–Trinajstić information content (AvgIpc) is 4.01. The molecule has 0 fully saturated rings. The summed E-state index contributed by atoms with van der Waals surface area (Å²) in [6.07, 6.45) is 0. The second kappa shape index (κ2) is 14.0. The molecule has 13 rings (SSSR count). The summed E-state index contributed by atoms with van der Waals surface area (Å²) in [4.78, 5) is 15.8. The van der Waals surface area contributed by atoms with Crippen molar-refractivity contribution in [2.45, 2.75) is 0 Å². The number of nitrogens with zero attached hydrogens (tertiary/aromatic N) is 6. The molecule has 13 aromatic rings. The number of para-hydroxylation sites is 4. The Labute approximate surface area is 362 Å². The van der Waals surface area contributed by atoms with Crippen LogP contribution in [0.4, 0.5) is 0 Å². The van der Waals surface area contributed by atoms with E-state index in [1.807, 2.05) is 36.4 Å². The molecule has 0 amide bonds. The summed E-state index contributed by atoms with van der Waals surface area (Å²) < 4.78 is 7.22. The smallest absolute Gasteiger partial charge is 0.238 e. The van der Waals surface area contributed by atoms with Crippen LogP contribution in [0.3, 0.4) is 0 Å². The van der Waals surface area contributed by atoms with Gasteiger partial charge in [0.2, 0.25) is 5.95 Å². The summed E-state index contributed by atoms with van der Waals surface area (Å²) in [6.45, 7) is 0. The largest absolute Gasteiger partial charge is 0.307 e. The Kier molecular flexibility index (Phi) is 7.80. The van der Waals surface area contributed by atoms with Crippen molar-refractivity contribution < 1.29 is 0 Å². The van der Waals surface area contributed by atoms with Gasteiger partial charge in [-0.25, -0.2) is 4.98 Å². The highest BCUT2D eigenvalue weighted by Crippen LogP contribution is 2.46.